The van der Waals surface area contributed by atoms with Gasteiger partial charge in [-0.05, 0) is 36.5 Å². The van der Waals surface area contributed by atoms with Crippen LogP contribution in [-0.2, 0) is 9.53 Å². The number of hydrogen-bond donors (Lipinski definition) is 0. The Morgan fingerprint density at radius 3 is 2.96 bits per heavy atom. The summed E-state index contributed by atoms with van der Waals surface area (Å²) in [6, 6.07) is 0.219. The molecule has 8 heteroatoms. The van der Waals surface area contributed by atoms with Crippen LogP contribution in [0.3, 0.4) is 0 Å². The van der Waals surface area contributed by atoms with Crippen molar-refractivity contribution < 1.29 is 9.53 Å². The summed E-state index contributed by atoms with van der Waals surface area (Å²) in [7, 11) is 0. The molecule has 0 N–H and O–H groups in total. The maximum Gasteiger partial charge on any atom is 0.312 e. The number of nitrogens with zero attached hydrogens (tertiary/aromatic N) is 4. The Morgan fingerprint density at radius 1 is 1.48 bits per heavy atom. The molecule has 0 radical (unpaired) electrons. The molecule has 0 spiro atoms. The third-order valence-electron chi connectivity index (χ3n) is 6.63. The van der Waals surface area contributed by atoms with Crippen LogP contribution in [0.15, 0.2) is 6.33 Å². The first-order valence-electron chi connectivity index (χ1n) is 8.56. The fourth-order valence-electron chi connectivity index (χ4n) is 5.71. The maximum absolute atomic E-state index is 12.7. The minimum Gasteiger partial charge on any atom is -0.466 e. The molecule has 0 amide bonds. The van der Waals surface area contributed by atoms with Crippen LogP contribution >= 0.6 is 34.2 Å². The monoisotopic (exact) mass is 472 g/mol. The van der Waals surface area contributed by atoms with Gasteiger partial charge < -0.3 is 9.30 Å². The smallest absolute Gasteiger partial charge is 0.312 e. The van der Waals surface area contributed by atoms with Crippen molar-refractivity contribution in [1.82, 2.24) is 19.5 Å². The second kappa shape index (κ2) is 4.85. The number of imidazole rings is 1. The van der Waals surface area contributed by atoms with Gasteiger partial charge >= 0.3 is 5.97 Å². The normalized spacial score (nSPS) is 36.8. The van der Waals surface area contributed by atoms with Crippen LogP contribution < -0.4 is 0 Å². The number of fused-ring (bicyclic) bond motifs is 4. The lowest BCUT2D eigenvalue weighted by Crippen LogP contribution is -2.26. The summed E-state index contributed by atoms with van der Waals surface area (Å²) in [6.07, 6.45) is 2.72. The molecule has 6 nitrogen and oxygen atoms in total. The predicted molar refractivity (Wildman–Crippen MR) is 100 cm³/mol. The zero-order valence-electron chi connectivity index (χ0n) is 14.2. The number of ether oxygens (including phenoxy) is 1. The third-order valence-corrected chi connectivity index (χ3v) is 7.38. The largest absolute Gasteiger partial charge is 0.466 e. The van der Waals surface area contributed by atoms with E-state index in [0.29, 0.717) is 38.9 Å². The lowest BCUT2D eigenvalue weighted by Gasteiger charge is -2.22. The molecule has 3 saturated carbocycles. The van der Waals surface area contributed by atoms with Gasteiger partial charge in [0.15, 0.2) is 14.6 Å². The average Bonchev–Trinajstić information content (AvgIpc) is 3.26. The van der Waals surface area contributed by atoms with Crippen LogP contribution in [0.1, 0.15) is 33.2 Å². The Morgan fingerprint density at radius 2 is 2.24 bits per heavy atom. The van der Waals surface area contributed by atoms with E-state index in [2.05, 4.69) is 56.0 Å². The number of esters is 1. The second-order valence-corrected chi connectivity index (χ2v) is 9.32. The molecule has 0 saturated heterocycles. The minimum absolute atomic E-state index is 0.0188. The summed E-state index contributed by atoms with van der Waals surface area (Å²) in [4.78, 5) is 25.9. The van der Waals surface area contributed by atoms with E-state index >= 15 is 0 Å². The van der Waals surface area contributed by atoms with E-state index in [1.54, 1.807) is 0 Å². The van der Waals surface area contributed by atoms with Crippen molar-refractivity contribution in [3.63, 3.8) is 0 Å². The Hall–Kier alpha value is -0.960. The van der Waals surface area contributed by atoms with Crippen molar-refractivity contribution in [3.8, 4) is 0 Å². The molecule has 25 heavy (non-hydrogen) atoms. The minimum atomic E-state index is -0.310. The molecule has 2 heterocycles. The standard InChI is InChI=1S/C17H18ClIN4O2/c1-4-25-14(24)17-5-7(17)10(8-11(17)16(8,2)3)23-6-20-9-12(18)21-15(19)22-13(9)23/h6-8,10-11H,4-5H2,1-3H3/t7-,8+,10+,11+,17-/m1/s1. The molecule has 5 atom stereocenters. The fourth-order valence-corrected chi connectivity index (χ4v) is 6.53. The number of carbonyl (C=O) groups is 1. The molecule has 132 valence electrons. The average molecular weight is 473 g/mol. The molecule has 2 aromatic rings. The summed E-state index contributed by atoms with van der Waals surface area (Å²) >= 11 is 8.32. The first-order valence-corrected chi connectivity index (χ1v) is 10.0. The molecule has 3 aliphatic carbocycles. The van der Waals surface area contributed by atoms with Gasteiger partial charge in [0, 0.05) is 28.6 Å². The molecule has 2 aromatic heterocycles. The van der Waals surface area contributed by atoms with E-state index in [1.165, 1.54) is 0 Å². The van der Waals surface area contributed by atoms with Gasteiger partial charge in [0.25, 0.3) is 0 Å². The first-order chi connectivity index (χ1) is 11.8. The zero-order valence-corrected chi connectivity index (χ0v) is 17.1. The molecule has 0 aromatic carbocycles. The maximum atomic E-state index is 12.7. The van der Waals surface area contributed by atoms with E-state index in [-0.39, 0.29) is 22.8 Å². The highest BCUT2D eigenvalue weighted by Crippen LogP contribution is 2.88. The number of carbonyl (C=O) groups excluding carboxylic acids is 1. The lowest BCUT2D eigenvalue weighted by atomic mass is 9.90. The van der Waals surface area contributed by atoms with Crippen LogP contribution in [0.5, 0.6) is 0 Å². The first kappa shape index (κ1) is 16.2. The predicted octanol–water partition coefficient (Wildman–Crippen LogP) is 3.48. The lowest BCUT2D eigenvalue weighted by molar-refractivity contribution is -0.151. The van der Waals surface area contributed by atoms with Crippen molar-refractivity contribution in [3.05, 3.63) is 15.3 Å². The third kappa shape index (κ3) is 1.86. The highest BCUT2D eigenvalue weighted by Gasteiger charge is 2.88. The molecule has 3 fully saturated rings. The Bertz CT molecular complexity index is 929. The quantitative estimate of drug-likeness (QED) is 0.296. The SMILES string of the molecule is CCOC(=O)[C@]12C[C@@H]1[C@H](n1cnc3c(Cl)nc(I)nc31)[C@H]1[C@H]2C1(C)C. The van der Waals surface area contributed by atoms with Crippen LogP contribution in [0, 0.1) is 32.4 Å². The topological polar surface area (TPSA) is 69.9 Å². The van der Waals surface area contributed by atoms with Gasteiger partial charge in [-0.2, -0.15) is 0 Å². The number of halogens is 2. The molecular formula is C17H18ClIN4O2. The number of hydrogen-bond acceptors (Lipinski definition) is 5. The van der Waals surface area contributed by atoms with E-state index in [9.17, 15) is 4.79 Å². The Labute approximate surface area is 163 Å². The summed E-state index contributed by atoms with van der Waals surface area (Å²) < 4.78 is 8.18. The van der Waals surface area contributed by atoms with Gasteiger partial charge in [-0.25, -0.2) is 15.0 Å². The summed E-state index contributed by atoms with van der Waals surface area (Å²) in [5.74, 6) is 1.11. The van der Waals surface area contributed by atoms with Crippen molar-refractivity contribution in [2.24, 2.45) is 28.6 Å². The van der Waals surface area contributed by atoms with E-state index < -0.39 is 0 Å². The van der Waals surface area contributed by atoms with Gasteiger partial charge in [0.1, 0.15) is 5.52 Å². The van der Waals surface area contributed by atoms with Gasteiger partial charge in [-0.15, -0.1) is 0 Å². The van der Waals surface area contributed by atoms with Crippen molar-refractivity contribution in [1.29, 1.82) is 0 Å². The number of rotatable bonds is 3. The molecule has 0 aliphatic heterocycles. The molecular weight excluding hydrogens is 455 g/mol. The Balaban J connectivity index is 1.62. The highest BCUT2D eigenvalue weighted by atomic mass is 127. The summed E-state index contributed by atoms with van der Waals surface area (Å²) in [5.41, 5.74) is 1.22. The van der Waals surface area contributed by atoms with Gasteiger partial charge in [-0.3, -0.25) is 4.79 Å². The molecule has 3 aliphatic rings. The van der Waals surface area contributed by atoms with Crippen LogP contribution in [0.25, 0.3) is 11.2 Å². The summed E-state index contributed by atoms with van der Waals surface area (Å²) in [5, 5.41) is 0.380. The molecule has 0 bridgehead atoms. The van der Waals surface area contributed by atoms with Crippen LogP contribution in [-0.4, -0.2) is 32.1 Å². The zero-order chi connectivity index (χ0) is 17.7. The highest BCUT2D eigenvalue weighted by molar-refractivity contribution is 14.1. The van der Waals surface area contributed by atoms with E-state index in [1.807, 2.05) is 13.3 Å². The van der Waals surface area contributed by atoms with E-state index in [4.69, 9.17) is 16.3 Å². The van der Waals surface area contributed by atoms with Crippen molar-refractivity contribution in [2.75, 3.05) is 6.61 Å². The van der Waals surface area contributed by atoms with E-state index in [0.717, 1.165) is 12.1 Å². The van der Waals surface area contributed by atoms with Gasteiger partial charge in [0.05, 0.1) is 18.3 Å². The van der Waals surface area contributed by atoms with Crippen molar-refractivity contribution >= 4 is 51.3 Å². The number of aromatic nitrogens is 4. The second-order valence-electron chi connectivity index (χ2n) is 7.99. The van der Waals surface area contributed by atoms with Crippen LogP contribution in [0.2, 0.25) is 5.15 Å². The fraction of sp³-hybridized carbons (Fsp3) is 0.647. The van der Waals surface area contributed by atoms with Gasteiger partial charge in [-0.1, -0.05) is 25.4 Å². The molecule has 0 unspecified atom stereocenters. The summed E-state index contributed by atoms with van der Waals surface area (Å²) in [6.45, 7) is 6.83. The van der Waals surface area contributed by atoms with Crippen LogP contribution in [0.4, 0.5) is 0 Å². The Kier molecular flexibility index (Phi) is 3.15. The molecule has 5 rings (SSSR count). The van der Waals surface area contributed by atoms with Crippen molar-refractivity contribution in [2.45, 2.75) is 33.2 Å². The van der Waals surface area contributed by atoms with Gasteiger partial charge in [0.2, 0.25) is 0 Å².